The zero-order valence-electron chi connectivity index (χ0n) is 13.7. The zero-order valence-corrected chi connectivity index (χ0v) is 13.7. The molecule has 6 heteroatoms. The number of urea groups is 1. The summed E-state index contributed by atoms with van der Waals surface area (Å²) in [5.74, 6) is -0.950. The number of hydrogen-bond acceptors (Lipinski definition) is 4. The molecule has 1 aromatic rings. The van der Waals surface area contributed by atoms with Crippen LogP contribution < -0.4 is 0 Å². The molecule has 23 heavy (non-hydrogen) atoms. The smallest absolute Gasteiger partial charge is 0.338 e. The van der Waals surface area contributed by atoms with Crippen LogP contribution in [0.4, 0.5) is 4.79 Å². The first-order valence-electron chi connectivity index (χ1n) is 7.40. The molecule has 0 unspecified atom stereocenters. The van der Waals surface area contributed by atoms with Gasteiger partial charge in [0, 0.05) is 19.7 Å². The molecule has 0 aliphatic carbocycles. The molecule has 1 atom stereocenters. The third kappa shape index (κ3) is 2.97. The Morgan fingerprint density at radius 1 is 1.22 bits per heavy atom. The lowest BCUT2D eigenvalue weighted by Gasteiger charge is -2.39. The molecule has 0 N–H and O–H groups in total. The second-order valence-electron chi connectivity index (χ2n) is 5.26. The minimum Gasteiger partial charge on any atom is -0.463 e. The predicted molar refractivity (Wildman–Crippen MR) is 84.2 cm³/mol. The van der Waals surface area contributed by atoms with Crippen LogP contribution in [0, 0.1) is 0 Å². The van der Waals surface area contributed by atoms with E-state index in [1.165, 1.54) is 18.9 Å². The van der Waals surface area contributed by atoms with E-state index >= 15 is 0 Å². The highest BCUT2D eigenvalue weighted by Gasteiger charge is 2.42. The molecule has 3 amide bonds. The Kier molecular flexibility index (Phi) is 4.83. The Morgan fingerprint density at radius 2 is 1.83 bits per heavy atom. The van der Waals surface area contributed by atoms with Gasteiger partial charge in [0.05, 0.1) is 12.2 Å². The predicted octanol–water partition coefficient (Wildman–Crippen LogP) is 2.48. The second kappa shape index (κ2) is 6.64. The van der Waals surface area contributed by atoms with E-state index in [0.29, 0.717) is 16.8 Å². The van der Waals surface area contributed by atoms with E-state index in [2.05, 4.69) is 0 Å². The number of hydrogen-bond donors (Lipinski definition) is 0. The number of ether oxygens (including phenoxy) is 1. The lowest BCUT2D eigenvalue weighted by atomic mass is 9.93. The first-order valence-corrected chi connectivity index (χ1v) is 7.40. The van der Waals surface area contributed by atoms with Crippen molar-refractivity contribution < 1.29 is 19.1 Å². The quantitative estimate of drug-likeness (QED) is 0.804. The number of allylic oxidation sites excluding steroid dienone is 1. The molecule has 0 radical (unpaired) electrons. The van der Waals surface area contributed by atoms with E-state index < -0.39 is 23.9 Å². The molecule has 0 fully saturated rings. The van der Waals surface area contributed by atoms with Crippen LogP contribution >= 0.6 is 0 Å². The van der Waals surface area contributed by atoms with Gasteiger partial charge in [-0.15, -0.1) is 0 Å². The molecule has 1 aliphatic rings. The number of nitrogens with zero attached hydrogens (tertiary/aromatic N) is 2. The first-order chi connectivity index (χ1) is 10.9. The first kappa shape index (κ1) is 16.7. The number of esters is 1. The van der Waals surface area contributed by atoms with Crippen LogP contribution in [-0.4, -0.2) is 41.4 Å². The number of rotatable bonds is 3. The molecule has 0 spiro atoms. The minimum atomic E-state index is -0.781. The Bertz CT molecular complexity index is 666. The molecular formula is C17H20N2O4. The number of amides is 3. The van der Waals surface area contributed by atoms with Gasteiger partial charge >= 0.3 is 12.0 Å². The van der Waals surface area contributed by atoms with Crippen LogP contribution in [0.25, 0.3) is 0 Å². The summed E-state index contributed by atoms with van der Waals surface area (Å²) in [6.45, 7) is 4.92. The van der Waals surface area contributed by atoms with E-state index in [4.69, 9.17) is 4.74 Å². The Morgan fingerprint density at radius 3 is 2.35 bits per heavy atom. The maximum absolute atomic E-state index is 12.5. The van der Waals surface area contributed by atoms with Gasteiger partial charge < -0.3 is 9.64 Å². The average Bonchev–Trinajstić information content (AvgIpc) is 2.52. The lowest BCUT2D eigenvalue weighted by molar-refractivity contribution is -0.140. The van der Waals surface area contributed by atoms with Gasteiger partial charge in [-0.2, -0.15) is 0 Å². The van der Waals surface area contributed by atoms with E-state index in [0.717, 1.165) is 4.90 Å². The fraction of sp³-hybridized carbons (Fsp3) is 0.353. The topological polar surface area (TPSA) is 66.9 Å². The summed E-state index contributed by atoms with van der Waals surface area (Å²) in [6.07, 6.45) is 0. The van der Waals surface area contributed by atoms with Gasteiger partial charge in [0.2, 0.25) is 5.91 Å². The van der Waals surface area contributed by atoms with Gasteiger partial charge in [0.25, 0.3) is 0 Å². The Hall–Kier alpha value is -2.63. The monoisotopic (exact) mass is 316 g/mol. The molecule has 6 nitrogen and oxygen atoms in total. The fourth-order valence-electron chi connectivity index (χ4n) is 2.66. The number of benzene rings is 1. The van der Waals surface area contributed by atoms with Crippen molar-refractivity contribution in [3.8, 4) is 0 Å². The van der Waals surface area contributed by atoms with Crippen molar-refractivity contribution in [3.05, 3.63) is 47.2 Å². The van der Waals surface area contributed by atoms with Gasteiger partial charge in [-0.25, -0.2) is 9.59 Å². The van der Waals surface area contributed by atoms with Crippen LogP contribution in [0.2, 0.25) is 0 Å². The molecule has 1 aromatic carbocycles. The summed E-state index contributed by atoms with van der Waals surface area (Å²) in [6, 6.07) is 7.76. The van der Waals surface area contributed by atoms with Crippen molar-refractivity contribution in [3.63, 3.8) is 0 Å². The Balaban J connectivity index is 2.67. The highest BCUT2D eigenvalue weighted by atomic mass is 16.5. The normalized spacial score (nSPS) is 18.3. The van der Waals surface area contributed by atoms with Crippen LogP contribution in [0.15, 0.2) is 41.6 Å². The molecule has 0 aromatic heterocycles. The van der Waals surface area contributed by atoms with Crippen molar-refractivity contribution in [2.75, 3.05) is 13.7 Å². The van der Waals surface area contributed by atoms with Gasteiger partial charge in [-0.1, -0.05) is 30.3 Å². The molecule has 122 valence electrons. The van der Waals surface area contributed by atoms with Crippen molar-refractivity contribution in [1.82, 2.24) is 9.80 Å². The molecule has 2 rings (SSSR count). The van der Waals surface area contributed by atoms with Gasteiger partial charge in [-0.05, 0) is 19.4 Å². The standard InChI is InChI=1S/C17H20N2O4/c1-5-23-16(21)14-11(2)18(4)17(22)19(12(3)20)15(14)13-9-7-6-8-10-13/h6-10,15H,5H2,1-4H3/t15-/m1/s1. The maximum Gasteiger partial charge on any atom is 0.338 e. The third-order valence-electron chi connectivity index (χ3n) is 3.87. The van der Waals surface area contributed by atoms with Crippen molar-refractivity contribution in [2.24, 2.45) is 0 Å². The molecule has 0 bridgehead atoms. The highest BCUT2D eigenvalue weighted by molar-refractivity contribution is 6.01. The number of imide groups is 1. The van der Waals surface area contributed by atoms with Gasteiger partial charge in [-0.3, -0.25) is 9.69 Å². The number of carbonyl (C=O) groups is 3. The SMILES string of the molecule is CCOC(=O)C1=C(C)N(C)C(=O)N(C(C)=O)[C@@H]1c1ccccc1. The summed E-state index contributed by atoms with van der Waals surface area (Å²) in [5.41, 5.74) is 1.47. The van der Waals surface area contributed by atoms with Gasteiger partial charge in [0.1, 0.15) is 6.04 Å². The van der Waals surface area contributed by atoms with Crippen LogP contribution in [0.1, 0.15) is 32.4 Å². The fourth-order valence-corrected chi connectivity index (χ4v) is 2.66. The third-order valence-corrected chi connectivity index (χ3v) is 3.87. The Labute approximate surface area is 135 Å². The van der Waals surface area contributed by atoms with E-state index in [-0.39, 0.29) is 6.61 Å². The van der Waals surface area contributed by atoms with Crippen molar-refractivity contribution in [2.45, 2.75) is 26.8 Å². The van der Waals surface area contributed by atoms with Crippen molar-refractivity contribution >= 4 is 17.9 Å². The summed E-state index contributed by atoms with van der Waals surface area (Å²) < 4.78 is 5.14. The average molecular weight is 316 g/mol. The van der Waals surface area contributed by atoms with E-state index in [1.807, 2.05) is 6.07 Å². The van der Waals surface area contributed by atoms with Crippen LogP contribution in [0.5, 0.6) is 0 Å². The van der Waals surface area contributed by atoms with Gasteiger partial charge in [0.15, 0.2) is 0 Å². The molecule has 1 aliphatic heterocycles. The van der Waals surface area contributed by atoms with E-state index in [9.17, 15) is 14.4 Å². The van der Waals surface area contributed by atoms with Crippen LogP contribution in [0.3, 0.4) is 0 Å². The zero-order chi connectivity index (χ0) is 17.1. The van der Waals surface area contributed by atoms with E-state index in [1.54, 1.807) is 38.1 Å². The second-order valence-corrected chi connectivity index (χ2v) is 5.26. The maximum atomic E-state index is 12.5. The van der Waals surface area contributed by atoms with Crippen molar-refractivity contribution in [1.29, 1.82) is 0 Å². The largest absolute Gasteiger partial charge is 0.463 e. The number of carbonyl (C=O) groups excluding carboxylic acids is 3. The van der Waals surface area contributed by atoms with Crippen LogP contribution in [-0.2, 0) is 14.3 Å². The molecule has 0 saturated heterocycles. The summed E-state index contributed by atoms with van der Waals surface area (Å²) >= 11 is 0. The summed E-state index contributed by atoms with van der Waals surface area (Å²) in [4.78, 5) is 39.5. The molecule has 0 saturated carbocycles. The molecular weight excluding hydrogens is 296 g/mol. The minimum absolute atomic E-state index is 0.217. The summed E-state index contributed by atoms with van der Waals surface area (Å²) in [5, 5.41) is 0. The highest BCUT2D eigenvalue weighted by Crippen LogP contribution is 2.37. The summed E-state index contributed by atoms with van der Waals surface area (Å²) in [7, 11) is 1.54. The lowest BCUT2D eigenvalue weighted by Crippen LogP contribution is -2.51. The molecule has 1 heterocycles.